The molecule has 0 saturated carbocycles. The van der Waals surface area contributed by atoms with Gasteiger partial charge in [-0.05, 0) is 30.3 Å². The number of carbonyl (C=O) groups is 1. The lowest BCUT2D eigenvalue weighted by Gasteiger charge is -2.10. The van der Waals surface area contributed by atoms with E-state index >= 15 is 0 Å². The first-order chi connectivity index (χ1) is 12.0. The molecule has 0 radical (unpaired) electrons. The van der Waals surface area contributed by atoms with Crippen molar-refractivity contribution in [3.63, 3.8) is 0 Å². The van der Waals surface area contributed by atoms with E-state index in [9.17, 15) is 4.79 Å². The minimum absolute atomic E-state index is 0.336. The third kappa shape index (κ3) is 3.37. The summed E-state index contributed by atoms with van der Waals surface area (Å²) in [6.45, 7) is 0. The fraction of sp³-hybridized carbons (Fsp3) is 0.118. The molecule has 0 fully saturated rings. The first kappa shape index (κ1) is 18.1. The number of nitrogens with one attached hydrogen (secondary N) is 1. The lowest BCUT2D eigenvalue weighted by atomic mass is 10.2. The third-order valence-corrected chi connectivity index (χ3v) is 5.99. The van der Waals surface area contributed by atoms with Crippen LogP contribution < -0.4 is 14.8 Å². The van der Waals surface area contributed by atoms with Crippen LogP contribution >= 0.6 is 46.1 Å². The Balaban J connectivity index is 2.02. The van der Waals surface area contributed by atoms with Gasteiger partial charge in [0.05, 0.1) is 29.6 Å². The maximum Gasteiger partial charge on any atom is 0.267 e. The second-order valence-corrected chi connectivity index (χ2v) is 7.22. The molecule has 0 saturated heterocycles. The Kier molecular flexibility index (Phi) is 5.29. The second-order valence-electron chi connectivity index (χ2n) is 5.00. The lowest BCUT2D eigenvalue weighted by Crippen LogP contribution is -2.11. The van der Waals surface area contributed by atoms with Crippen LogP contribution in [-0.4, -0.2) is 20.1 Å². The molecule has 3 rings (SSSR count). The van der Waals surface area contributed by atoms with Crippen molar-refractivity contribution >= 4 is 67.8 Å². The first-order valence-electron chi connectivity index (χ1n) is 7.05. The van der Waals surface area contributed by atoms with E-state index in [1.807, 2.05) is 0 Å². The molecule has 0 atom stereocenters. The van der Waals surface area contributed by atoms with E-state index in [4.69, 9.17) is 44.3 Å². The highest BCUT2D eigenvalue weighted by molar-refractivity contribution is 7.22. The maximum absolute atomic E-state index is 12.7. The van der Waals surface area contributed by atoms with Gasteiger partial charge in [0.25, 0.3) is 5.91 Å². The molecule has 0 aliphatic heterocycles. The summed E-state index contributed by atoms with van der Waals surface area (Å²) < 4.78 is 11.1. The van der Waals surface area contributed by atoms with Crippen molar-refractivity contribution in [1.82, 2.24) is 0 Å². The Bertz CT molecular complexity index is 971. The van der Waals surface area contributed by atoms with E-state index in [1.54, 1.807) is 30.3 Å². The van der Waals surface area contributed by atoms with Gasteiger partial charge in [0, 0.05) is 10.4 Å². The number of ether oxygens (including phenoxy) is 2. The lowest BCUT2D eigenvalue weighted by molar-refractivity contribution is 0.103. The van der Waals surface area contributed by atoms with Gasteiger partial charge in [-0.2, -0.15) is 0 Å². The predicted molar refractivity (Wildman–Crippen MR) is 104 cm³/mol. The zero-order chi connectivity index (χ0) is 18.1. The van der Waals surface area contributed by atoms with E-state index in [0.29, 0.717) is 47.2 Å². The normalized spacial score (nSPS) is 10.8. The molecule has 1 N–H and O–H groups in total. The fourth-order valence-electron chi connectivity index (χ4n) is 2.34. The van der Waals surface area contributed by atoms with Gasteiger partial charge in [-0.3, -0.25) is 4.79 Å². The Hall–Kier alpha value is -1.66. The van der Waals surface area contributed by atoms with Gasteiger partial charge in [-0.1, -0.05) is 34.8 Å². The number of carbonyl (C=O) groups excluding carboxylic acids is 1. The van der Waals surface area contributed by atoms with Crippen LogP contribution in [0.2, 0.25) is 15.1 Å². The summed E-state index contributed by atoms with van der Waals surface area (Å²) in [5.41, 5.74) is 0.456. The molecule has 25 heavy (non-hydrogen) atoms. The number of methoxy groups -OCH3 is 2. The summed E-state index contributed by atoms with van der Waals surface area (Å²) in [7, 11) is 3.04. The van der Waals surface area contributed by atoms with Crippen LogP contribution in [0.5, 0.6) is 11.5 Å². The summed E-state index contributed by atoms with van der Waals surface area (Å²) in [4.78, 5) is 13.0. The molecule has 130 valence electrons. The molecule has 8 heteroatoms. The van der Waals surface area contributed by atoms with Crippen molar-refractivity contribution in [2.24, 2.45) is 0 Å². The van der Waals surface area contributed by atoms with Crippen LogP contribution in [0, 0.1) is 0 Å². The Morgan fingerprint density at radius 3 is 2.36 bits per heavy atom. The van der Waals surface area contributed by atoms with Crippen LogP contribution in [0.1, 0.15) is 9.67 Å². The van der Waals surface area contributed by atoms with Gasteiger partial charge in [0.1, 0.15) is 21.4 Å². The Morgan fingerprint density at radius 1 is 1.00 bits per heavy atom. The number of hydrogen-bond donors (Lipinski definition) is 1. The van der Waals surface area contributed by atoms with Gasteiger partial charge in [0.15, 0.2) is 0 Å². The number of anilines is 1. The van der Waals surface area contributed by atoms with Gasteiger partial charge < -0.3 is 14.8 Å². The van der Waals surface area contributed by atoms with Crippen LogP contribution in [-0.2, 0) is 0 Å². The van der Waals surface area contributed by atoms with Crippen LogP contribution in [0.4, 0.5) is 5.69 Å². The van der Waals surface area contributed by atoms with Gasteiger partial charge in [-0.15, -0.1) is 11.3 Å². The molecule has 4 nitrogen and oxygen atoms in total. The van der Waals surface area contributed by atoms with Crippen molar-refractivity contribution in [1.29, 1.82) is 0 Å². The number of hydrogen-bond acceptors (Lipinski definition) is 4. The average Bonchev–Trinajstić information content (AvgIpc) is 2.93. The molecule has 1 heterocycles. The van der Waals surface area contributed by atoms with E-state index in [2.05, 4.69) is 5.32 Å². The van der Waals surface area contributed by atoms with Crippen molar-refractivity contribution in [3.8, 4) is 11.5 Å². The predicted octanol–water partition coefficient (Wildman–Crippen LogP) is 6.13. The zero-order valence-corrected chi connectivity index (χ0v) is 16.2. The van der Waals surface area contributed by atoms with E-state index in [-0.39, 0.29) is 5.91 Å². The monoisotopic (exact) mass is 415 g/mol. The molecule has 1 amide bonds. The summed E-state index contributed by atoms with van der Waals surface area (Å²) in [5, 5.41) is 4.70. The van der Waals surface area contributed by atoms with Crippen LogP contribution in [0.15, 0.2) is 30.3 Å². The highest BCUT2D eigenvalue weighted by Gasteiger charge is 2.21. The van der Waals surface area contributed by atoms with Gasteiger partial charge >= 0.3 is 0 Å². The maximum atomic E-state index is 12.7. The number of halogens is 3. The molecular formula is C17H12Cl3NO3S. The van der Waals surface area contributed by atoms with Crippen molar-refractivity contribution in [2.45, 2.75) is 0 Å². The highest BCUT2D eigenvalue weighted by Crippen LogP contribution is 2.43. The Morgan fingerprint density at radius 2 is 1.68 bits per heavy atom. The molecule has 3 aromatic rings. The summed E-state index contributed by atoms with van der Waals surface area (Å²) >= 11 is 19.9. The van der Waals surface area contributed by atoms with Crippen molar-refractivity contribution in [3.05, 3.63) is 50.3 Å². The molecule has 0 aliphatic rings. The highest BCUT2D eigenvalue weighted by atomic mass is 35.5. The van der Waals surface area contributed by atoms with Crippen LogP contribution in [0.25, 0.3) is 10.1 Å². The number of benzene rings is 2. The number of rotatable bonds is 4. The number of amides is 1. The van der Waals surface area contributed by atoms with Gasteiger partial charge in [-0.25, -0.2) is 0 Å². The van der Waals surface area contributed by atoms with E-state index < -0.39 is 0 Å². The molecule has 0 unspecified atom stereocenters. The summed E-state index contributed by atoms with van der Waals surface area (Å²) in [6, 6.07) is 8.44. The topological polar surface area (TPSA) is 47.6 Å². The zero-order valence-electron chi connectivity index (χ0n) is 13.2. The van der Waals surface area contributed by atoms with Crippen LogP contribution in [0.3, 0.4) is 0 Å². The van der Waals surface area contributed by atoms with Crippen molar-refractivity contribution in [2.75, 3.05) is 19.5 Å². The third-order valence-electron chi connectivity index (χ3n) is 3.54. The van der Waals surface area contributed by atoms with Gasteiger partial charge in [0.2, 0.25) is 0 Å². The molecule has 0 spiro atoms. The first-order valence-corrected chi connectivity index (χ1v) is 9.00. The number of thiophene rings is 1. The molecule has 0 aliphatic carbocycles. The summed E-state index contributed by atoms with van der Waals surface area (Å²) in [6.07, 6.45) is 0. The summed E-state index contributed by atoms with van der Waals surface area (Å²) in [5.74, 6) is 0.645. The number of fused-ring (bicyclic) bond motifs is 1. The quantitative estimate of drug-likeness (QED) is 0.556. The second kappa shape index (κ2) is 7.30. The molecular weight excluding hydrogens is 405 g/mol. The molecule has 0 bridgehead atoms. The van der Waals surface area contributed by atoms with E-state index in [1.165, 1.54) is 25.6 Å². The minimum Gasteiger partial charge on any atom is -0.495 e. The average molecular weight is 417 g/mol. The minimum atomic E-state index is -0.373. The molecule has 2 aromatic carbocycles. The fourth-order valence-corrected chi connectivity index (χ4v) is 4.30. The standard InChI is InChI=1S/C17H12Cl3NO3S/c1-23-11-5-3-8(18)7-10(11)21-17(22)16-13(19)9-4-6-12(24-2)14(20)15(9)25-16/h3-7H,1-2H3,(H,21,22). The Labute approximate surface area is 163 Å². The largest absolute Gasteiger partial charge is 0.495 e. The van der Waals surface area contributed by atoms with E-state index in [0.717, 1.165) is 0 Å². The van der Waals surface area contributed by atoms with Crippen molar-refractivity contribution < 1.29 is 14.3 Å². The smallest absolute Gasteiger partial charge is 0.267 e. The molecule has 1 aromatic heterocycles. The SMILES string of the molecule is COc1ccc(Cl)cc1NC(=O)c1sc2c(Cl)c(OC)ccc2c1Cl.